The van der Waals surface area contributed by atoms with Crippen LogP contribution in [0, 0.1) is 0 Å². The summed E-state index contributed by atoms with van der Waals surface area (Å²) in [6, 6.07) is 19.0. The first-order chi connectivity index (χ1) is 13.6. The first-order valence-electron chi connectivity index (χ1n) is 10.2. The van der Waals surface area contributed by atoms with Crippen molar-refractivity contribution in [3.8, 4) is 0 Å². The van der Waals surface area contributed by atoms with Crippen molar-refractivity contribution in [1.29, 1.82) is 0 Å². The molecule has 0 amide bonds. The Bertz CT molecular complexity index is 739. The molecule has 0 bridgehead atoms. The predicted molar refractivity (Wildman–Crippen MR) is 115 cm³/mol. The molecule has 28 heavy (non-hydrogen) atoms. The van der Waals surface area contributed by atoms with Gasteiger partial charge in [-0.25, -0.2) is 0 Å². The van der Waals surface area contributed by atoms with Crippen molar-refractivity contribution in [2.45, 2.75) is 31.2 Å². The van der Waals surface area contributed by atoms with Gasteiger partial charge in [0.05, 0.1) is 19.1 Å². The first-order valence-corrected chi connectivity index (χ1v) is 10.2. The molecule has 4 heteroatoms. The standard InChI is InChI=1S/C24H32N2O2/c1-4-24(25(2)3,18-20-8-6-5-7-9-20)23(19-27)21-10-12-22(13-11-21)26-14-16-28-17-15-26/h5-13,19,23H,4,14-18H2,1-3H3. The van der Waals surface area contributed by atoms with Gasteiger partial charge in [0.15, 0.2) is 0 Å². The molecule has 2 unspecified atom stereocenters. The van der Waals surface area contributed by atoms with Crippen molar-refractivity contribution in [3.63, 3.8) is 0 Å². The average Bonchev–Trinajstić information content (AvgIpc) is 2.75. The van der Waals surface area contributed by atoms with Crippen LogP contribution in [-0.4, -0.2) is 57.1 Å². The third-order valence-corrected chi connectivity index (χ3v) is 6.20. The molecular weight excluding hydrogens is 348 g/mol. The molecule has 150 valence electrons. The van der Waals surface area contributed by atoms with E-state index in [0.717, 1.165) is 51.0 Å². The number of hydrogen-bond donors (Lipinski definition) is 0. The Kier molecular flexibility index (Phi) is 6.87. The second-order valence-corrected chi connectivity index (χ2v) is 7.82. The van der Waals surface area contributed by atoms with Crippen LogP contribution < -0.4 is 4.90 Å². The lowest BCUT2D eigenvalue weighted by molar-refractivity contribution is -0.112. The average molecular weight is 381 g/mol. The van der Waals surface area contributed by atoms with Crippen LogP contribution in [0.2, 0.25) is 0 Å². The van der Waals surface area contributed by atoms with Crippen molar-refractivity contribution in [1.82, 2.24) is 4.90 Å². The molecule has 0 N–H and O–H groups in total. The molecule has 1 fully saturated rings. The van der Waals surface area contributed by atoms with Gasteiger partial charge >= 0.3 is 0 Å². The number of morpholine rings is 1. The SMILES string of the molecule is CCC(Cc1ccccc1)(C(C=O)c1ccc(N2CCOCC2)cc1)N(C)C. The molecule has 1 aliphatic rings. The van der Waals surface area contributed by atoms with E-state index in [1.54, 1.807) is 0 Å². The van der Waals surface area contributed by atoms with E-state index in [1.165, 1.54) is 11.3 Å². The van der Waals surface area contributed by atoms with Crippen LogP contribution in [0.3, 0.4) is 0 Å². The van der Waals surface area contributed by atoms with Gasteiger partial charge in [0.2, 0.25) is 0 Å². The summed E-state index contributed by atoms with van der Waals surface area (Å²) in [6.45, 7) is 5.56. The highest BCUT2D eigenvalue weighted by Crippen LogP contribution is 2.37. The van der Waals surface area contributed by atoms with Crippen LogP contribution in [0.15, 0.2) is 54.6 Å². The molecule has 0 aromatic heterocycles. The highest BCUT2D eigenvalue weighted by molar-refractivity contribution is 5.66. The Labute approximate surface area is 169 Å². The molecule has 1 heterocycles. The van der Waals surface area contributed by atoms with Crippen LogP contribution in [0.25, 0.3) is 0 Å². The Morgan fingerprint density at radius 1 is 1.07 bits per heavy atom. The number of carbonyl (C=O) groups is 1. The van der Waals surface area contributed by atoms with E-state index in [4.69, 9.17) is 4.74 Å². The van der Waals surface area contributed by atoms with Crippen molar-refractivity contribution in [3.05, 3.63) is 65.7 Å². The second-order valence-electron chi connectivity index (χ2n) is 7.82. The zero-order valence-corrected chi connectivity index (χ0v) is 17.3. The molecule has 3 rings (SSSR count). The fourth-order valence-electron chi connectivity index (χ4n) is 4.39. The van der Waals surface area contributed by atoms with Gasteiger partial charge in [-0.15, -0.1) is 0 Å². The van der Waals surface area contributed by atoms with Crippen LogP contribution >= 0.6 is 0 Å². The summed E-state index contributed by atoms with van der Waals surface area (Å²) in [4.78, 5) is 16.9. The number of ether oxygens (including phenoxy) is 1. The molecule has 1 saturated heterocycles. The number of rotatable bonds is 8. The summed E-state index contributed by atoms with van der Waals surface area (Å²) in [6.07, 6.45) is 2.87. The Morgan fingerprint density at radius 2 is 1.71 bits per heavy atom. The number of hydrogen-bond acceptors (Lipinski definition) is 4. The predicted octanol–water partition coefficient (Wildman–Crippen LogP) is 3.76. The van der Waals surface area contributed by atoms with Gasteiger partial charge in [-0.1, -0.05) is 49.4 Å². The maximum absolute atomic E-state index is 12.3. The van der Waals surface area contributed by atoms with Crippen LogP contribution in [0.5, 0.6) is 0 Å². The number of anilines is 1. The minimum atomic E-state index is -0.260. The number of aldehydes is 1. The van der Waals surface area contributed by atoms with E-state index < -0.39 is 0 Å². The van der Waals surface area contributed by atoms with E-state index >= 15 is 0 Å². The fraction of sp³-hybridized carbons (Fsp3) is 0.458. The van der Waals surface area contributed by atoms with E-state index in [0.29, 0.717) is 0 Å². The monoisotopic (exact) mass is 380 g/mol. The van der Waals surface area contributed by atoms with Gasteiger partial charge < -0.3 is 19.3 Å². The van der Waals surface area contributed by atoms with E-state index in [9.17, 15) is 4.79 Å². The summed E-state index contributed by atoms with van der Waals surface area (Å²) < 4.78 is 5.45. The molecule has 2 atom stereocenters. The summed E-state index contributed by atoms with van der Waals surface area (Å²) in [5, 5.41) is 0. The summed E-state index contributed by atoms with van der Waals surface area (Å²) in [5.74, 6) is -0.188. The van der Waals surface area contributed by atoms with Crippen molar-refractivity contribution in [2.75, 3.05) is 45.3 Å². The molecule has 0 spiro atoms. The molecule has 4 nitrogen and oxygen atoms in total. The van der Waals surface area contributed by atoms with E-state index in [-0.39, 0.29) is 11.5 Å². The molecule has 1 aliphatic heterocycles. The third kappa shape index (κ3) is 4.29. The maximum atomic E-state index is 12.3. The first kappa shape index (κ1) is 20.6. The Hall–Kier alpha value is -2.17. The highest BCUT2D eigenvalue weighted by atomic mass is 16.5. The van der Waals surface area contributed by atoms with Crippen molar-refractivity contribution in [2.24, 2.45) is 0 Å². The smallest absolute Gasteiger partial charge is 0.129 e. The Balaban J connectivity index is 1.90. The highest BCUT2D eigenvalue weighted by Gasteiger charge is 2.40. The molecule has 0 aliphatic carbocycles. The van der Waals surface area contributed by atoms with E-state index in [1.807, 2.05) is 6.07 Å². The van der Waals surface area contributed by atoms with Gasteiger partial charge in [0, 0.05) is 24.3 Å². The van der Waals surface area contributed by atoms with Crippen LogP contribution in [-0.2, 0) is 16.0 Å². The number of benzene rings is 2. The van der Waals surface area contributed by atoms with Gasteiger partial charge in [0.25, 0.3) is 0 Å². The lowest BCUT2D eigenvalue weighted by Crippen LogP contribution is -2.51. The molecular formula is C24H32N2O2. The fourth-order valence-corrected chi connectivity index (χ4v) is 4.39. The summed E-state index contributed by atoms with van der Waals surface area (Å²) >= 11 is 0. The number of likely N-dealkylation sites (N-methyl/N-ethyl adjacent to an activating group) is 1. The lowest BCUT2D eigenvalue weighted by Gasteiger charge is -2.44. The van der Waals surface area contributed by atoms with E-state index in [2.05, 4.69) is 79.3 Å². The quantitative estimate of drug-likeness (QED) is 0.653. The molecule has 2 aromatic carbocycles. The largest absolute Gasteiger partial charge is 0.378 e. The normalized spacial score (nSPS) is 17.9. The summed E-state index contributed by atoms with van der Waals surface area (Å²) in [7, 11) is 4.18. The van der Waals surface area contributed by atoms with Gasteiger partial charge in [-0.05, 0) is 50.2 Å². The van der Waals surface area contributed by atoms with Crippen LogP contribution in [0.1, 0.15) is 30.4 Å². The number of nitrogens with zero attached hydrogens (tertiary/aromatic N) is 2. The van der Waals surface area contributed by atoms with Crippen LogP contribution in [0.4, 0.5) is 5.69 Å². The molecule has 0 radical (unpaired) electrons. The van der Waals surface area contributed by atoms with Gasteiger partial charge in [-0.3, -0.25) is 0 Å². The number of carbonyl (C=O) groups excluding carboxylic acids is 1. The lowest BCUT2D eigenvalue weighted by atomic mass is 9.73. The molecule has 2 aromatic rings. The zero-order valence-electron chi connectivity index (χ0n) is 17.3. The maximum Gasteiger partial charge on any atom is 0.129 e. The van der Waals surface area contributed by atoms with Gasteiger partial charge in [0.1, 0.15) is 6.29 Å². The van der Waals surface area contributed by atoms with Crippen molar-refractivity contribution < 1.29 is 9.53 Å². The zero-order chi connectivity index (χ0) is 20.0. The topological polar surface area (TPSA) is 32.8 Å². The third-order valence-electron chi connectivity index (χ3n) is 6.20. The second kappa shape index (κ2) is 9.35. The Morgan fingerprint density at radius 3 is 2.25 bits per heavy atom. The minimum Gasteiger partial charge on any atom is -0.378 e. The summed E-state index contributed by atoms with van der Waals surface area (Å²) in [5.41, 5.74) is 3.28. The van der Waals surface area contributed by atoms with Gasteiger partial charge in [-0.2, -0.15) is 0 Å². The van der Waals surface area contributed by atoms with Crippen molar-refractivity contribution >= 4 is 12.0 Å². The minimum absolute atomic E-state index is 0.188. The molecule has 0 saturated carbocycles.